The number of Topliss-reactive ketones (excluding diaryl/α,β-unsaturated/α-hetero) is 1. The molecule has 2 aromatic carbocycles. The number of aliphatic hydroxyl groups excluding tert-OH is 1. The molecule has 34 heavy (non-hydrogen) atoms. The minimum atomic E-state index is -0.651. The number of hydrogen-bond donors (Lipinski definition) is 3. The van der Waals surface area contributed by atoms with Gasteiger partial charge in [-0.1, -0.05) is 50.3 Å². The summed E-state index contributed by atoms with van der Waals surface area (Å²) in [7, 11) is 3.56. The van der Waals surface area contributed by atoms with Crippen molar-refractivity contribution in [3.8, 4) is 16.9 Å². The molecule has 0 spiro atoms. The van der Waals surface area contributed by atoms with Crippen molar-refractivity contribution in [2.75, 3.05) is 20.8 Å². The molecule has 4 rings (SSSR count). The van der Waals surface area contributed by atoms with Crippen LogP contribution in [0.5, 0.6) is 5.75 Å². The van der Waals surface area contributed by atoms with Gasteiger partial charge in [-0.15, -0.1) is 0 Å². The van der Waals surface area contributed by atoms with E-state index in [0.717, 1.165) is 27.8 Å². The molecule has 2 bridgehead atoms. The molecule has 2 fully saturated rings. The SMILES string of the molecule is C=C1C2C(CO)CC(C(=O)CCc3cccc(-c4cc(O)cc(CNC)c4)c3)(C2OC)C1(C)C. The Balaban J connectivity index is 1.57. The Morgan fingerprint density at radius 2 is 1.91 bits per heavy atom. The average Bonchev–Trinajstić information content (AvgIpc) is 3.24. The van der Waals surface area contributed by atoms with Gasteiger partial charge >= 0.3 is 0 Å². The highest BCUT2D eigenvalue weighted by molar-refractivity contribution is 5.89. The van der Waals surface area contributed by atoms with Gasteiger partial charge in [0.05, 0.1) is 11.5 Å². The number of aromatic hydroxyl groups is 1. The van der Waals surface area contributed by atoms with Crippen LogP contribution in [0, 0.1) is 22.7 Å². The fourth-order valence-electron chi connectivity index (χ4n) is 6.67. The van der Waals surface area contributed by atoms with Crippen LogP contribution < -0.4 is 5.32 Å². The lowest BCUT2D eigenvalue weighted by Crippen LogP contribution is -2.47. The summed E-state index contributed by atoms with van der Waals surface area (Å²) >= 11 is 0. The first-order chi connectivity index (χ1) is 16.2. The molecule has 4 atom stereocenters. The van der Waals surface area contributed by atoms with Gasteiger partial charge in [-0.25, -0.2) is 0 Å². The van der Waals surface area contributed by atoms with E-state index in [4.69, 9.17) is 4.74 Å². The van der Waals surface area contributed by atoms with Gasteiger partial charge in [0.1, 0.15) is 11.5 Å². The maximum atomic E-state index is 13.9. The zero-order valence-electron chi connectivity index (χ0n) is 20.7. The van der Waals surface area contributed by atoms with Crippen LogP contribution in [0.25, 0.3) is 11.1 Å². The second-order valence-corrected chi connectivity index (χ2v) is 10.5. The summed E-state index contributed by atoms with van der Waals surface area (Å²) in [5, 5.41) is 23.3. The number of ketones is 1. The minimum Gasteiger partial charge on any atom is -0.508 e. The fourth-order valence-corrected chi connectivity index (χ4v) is 6.67. The Labute approximate surface area is 202 Å². The summed E-state index contributed by atoms with van der Waals surface area (Å²) in [6.07, 6.45) is 1.46. The van der Waals surface area contributed by atoms with Gasteiger partial charge in [0, 0.05) is 38.0 Å². The lowest BCUT2D eigenvalue weighted by molar-refractivity contribution is -0.141. The smallest absolute Gasteiger partial charge is 0.142 e. The van der Waals surface area contributed by atoms with Crippen molar-refractivity contribution < 1.29 is 19.7 Å². The van der Waals surface area contributed by atoms with Crippen molar-refractivity contribution in [3.05, 3.63) is 65.7 Å². The van der Waals surface area contributed by atoms with Crippen LogP contribution in [-0.2, 0) is 22.5 Å². The van der Waals surface area contributed by atoms with Crippen LogP contribution in [0.15, 0.2) is 54.6 Å². The van der Waals surface area contributed by atoms with Crippen LogP contribution >= 0.6 is 0 Å². The number of hydrogen-bond acceptors (Lipinski definition) is 5. The fraction of sp³-hybridized carbons (Fsp3) is 0.483. The number of benzene rings is 2. The molecule has 0 saturated heterocycles. The van der Waals surface area contributed by atoms with E-state index in [2.05, 4.69) is 37.9 Å². The highest BCUT2D eigenvalue weighted by Crippen LogP contribution is 2.69. The van der Waals surface area contributed by atoms with Crippen molar-refractivity contribution in [2.24, 2.45) is 22.7 Å². The highest BCUT2D eigenvalue weighted by atomic mass is 16.5. The second kappa shape index (κ2) is 9.29. The quantitative estimate of drug-likeness (QED) is 0.477. The molecule has 182 valence electrons. The first kappa shape index (κ1) is 24.6. The Kier molecular flexibility index (Phi) is 6.74. The van der Waals surface area contributed by atoms with E-state index in [9.17, 15) is 15.0 Å². The van der Waals surface area contributed by atoms with E-state index >= 15 is 0 Å². The van der Waals surface area contributed by atoms with Crippen molar-refractivity contribution in [1.29, 1.82) is 0 Å². The summed E-state index contributed by atoms with van der Waals surface area (Å²) in [5.74, 6) is 0.485. The molecule has 4 unspecified atom stereocenters. The lowest BCUT2D eigenvalue weighted by atomic mass is 9.58. The topological polar surface area (TPSA) is 78.8 Å². The predicted octanol–water partition coefficient (Wildman–Crippen LogP) is 4.51. The standard InChI is InChI=1S/C29H37NO4/c1-18-26-23(17-31)15-29(27(26)34-5,28(18,2)3)25(33)10-9-19-7-6-8-21(11-19)22-12-20(16-30-4)13-24(32)14-22/h6-8,11-14,23,26-27,30-32H,1,9-10,15-17H2,2-5H3. The number of carbonyl (C=O) groups excluding carboxylic acids is 1. The summed E-state index contributed by atoms with van der Waals surface area (Å²) in [5.41, 5.74) is 4.08. The number of nitrogens with one attached hydrogen (secondary N) is 1. The number of carbonyl (C=O) groups is 1. The normalized spacial score (nSPS) is 27.3. The molecule has 0 heterocycles. The maximum Gasteiger partial charge on any atom is 0.142 e. The second-order valence-electron chi connectivity index (χ2n) is 10.5. The van der Waals surface area contributed by atoms with Gasteiger partial charge in [-0.3, -0.25) is 4.79 Å². The Morgan fingerprint density at radius 3 is 2.59 bits per heavy atom. The van der Waals surface area contributed by atoms with Crippen molar-refractivity contribution in [1.82, 2.24) is 5.32 Å². The Bertz CT molecular complexity index is 1090. The lowest BCUT2D eigenvalue weighted by Gasteiger charge is -2.44. The van der Waals surface area contributed by atoms with E-state index in [1.165, 1.54) is 0 Å². The molecule has 2 saturated carbocycles. The molecule has 0 aromatic heterocycles. The van der Waals surface area contributed by atoms with Gasteiger partial charge in [-0.05, 0) is 66.3 Å². The molecule has 0 radical (unpaired) electrons. The third kappa shape index (κ3) is 3.80. The van der Waals surface area contributed by atoms with Crippen molar-refractivity contribution >= 4 is 5.78 Å². The summed E-state index contributed by atoms with van der Waals surface area (Å²) in [6, 6.07) is 13.8. The third-order valence-corrected chi connectivity index (χ3v) is 8.47. The zero-order valence-corrected chi connectivity index (χ0v) is 20.7. The average molecular weight is 464 g/mol. The van der Waals surface area contributed by atoms with E-state index in [-0.39, 0.29) is 41.5 Å². The molecular weight excluding hydrogens is 426 g/mol. The van der Waals surface area contributed by atoms with Crippen molar-refractivity contribution in [2.45, 2.75) is 45.8 Å². The third-order valence-electron chi connectivity index (χ3n) is 8.47. The van der Waals surface area contributed by atoms with Gasteiger partial charge in [0.15, 0.2) is 0 Å². The van der Waals surface area contributed by atoms with Gasteiger partial charge in [0.25, 0.3) is 0 Å². The molecule has 5 heteroatoms. The van der Waals surface area contributed by atoms with E-state index in [0.29, 0.717) is 25.8 Å². The van der Waals surface area contributed by atoms with Crippen molar-refractivity contribution in [3.63, 3.8) is 0 Å². The molecule has 0 aliphatic heterocycles. The number of aryl methyl sites for hydroxylation is 1. The largest absolute Gasteiger partial charge is 0.508 e. The minimum absolute atomic E-state index is 0.0230. The molecule has 2 aliphatic carbocycles. The van der Waals surface area contributed by atoms with Crippen LogP contribution in [0.2, 0.25) is 0 Å². The van der Waals surface area contributed by atoms with E-state index in [1.54, 1.807) is 19.2 Å². The summed E-state index contributed by atoms with van der Waals surface area (Å²) < 4.78 is 5.91. The predicted molar refractivity (Wildman–Crippen MR) is 134 cm³/mol. The molecule has 3 N–H and O–H groups in total. The van der Waals surface area contributed by atoms with Crippen LogP contribution in [0.1, 0.15) is 37.8 Å². The van der Waals surface area contributed by atoms with Gasteiger partial charge < -0.3 is 20.3 Å². The number of fused-ring (bicyclic) bond motifs is 2. The first-order valence-corrected chi connectivity index (χ1v) is 12.1. The number of rotatable bonds is 9. The van der Waals surface area contributed by atoms with Crippen LogP contribution in [-0.4, -0.2) is 42.9 Å². The first-order valence-electron chi connectivity index (χ1n) is 12.1. The molecule has 5 nitrogen and oxygen atoms in total. The number of phenolic OH excluding ortho intramolecular Hbond substituents is 1. The number of ether oxygens (including phenoxy) is 1. The molecular formula is C29H37NO4. The molecule has 2 aliphatic rings. The monoisotopic (exact) mass is 463 g/mol. The van der Waals surface area contributed by atoms with Crippen LogP contribution in [0.4, 0.5) is 0 Å². The van der Waals surface area contributed by atoms with E-state index in [1.807, 2.05) is 25.2 Å². The number of methoxy groups -OCH3 is 1. The Hall–Kier alpha value is -2.47. The number of aliphatic hydroxyl groups is 1. The maximum absolute atomic E-state index is 13.9. The highest BCUT2D eigenvalue weighted by Gasteiger charge is 2.71. The van der Waals surface area contributed by atoms with Gasteiger partial charge in [0.2, 0.25) is 0 Å². The summed E-state index contributed by atoms with van der Waals surface area (Å²) in [6.45, 7) is 9.28. The molecule has 0 amide bonds. The van der Waals surface area contributed by atoms with E-state index < -0.39 is 5.41 Å². The van der Waals surface area contributed by atoms with Gasteiger partial charge in [-0.2, -0.15) is 0 Å². The Morgan fingerprint density at radius 1 is 1.18 bits per heavy atom. The molecule has 2 aromatic rings. The zero-order chi connectivity index (χ0) is 24.7. The number of phenols is 1. The summed E-state index contributed by atoms with van der Waals surface area (Å²) in [4.78, 5) is 13.9. The van der Waals surface area contributed by atoms with Crippen LogP contribution in [0.3, 0.4) is 0 Å².